The third-order valence-corrected chi connectivity index (χ3v) is 5.85. The maximum Gasteiger partial charge on any atom is 0.416 e. The number of nitrogens with zero attached hydrogens (tertiary/aromatic N) is 3. The Morgan fingerprint density at radius 3 is 2.30 bits per heavy atom. The van der Waals surface area contributed by atoms with Crippen molar-refractivity contribution in [1.82, 2.24) is 14.5 Å². The molecule has 8 heteroatoms. The molecule has 3 rings (SSSR count). The van der Waals surface area contributed by atoms with E-state index in [1.54, 1.807) is 4.90 Å². The number of hydrogen-bond acceptors (Lipinski definition) is 3. The number of fused-ring (bicyclic) bond motifs is 1. The molecule has 0 aliphatic carbocycles. The second kappa shape index (κ2) is 9.39. The summed E-state index contributed by atoms with van der Waals surface area (Å²) in [6, 6.07) is 4.99. The normalized spacial score (nSPS) is 16.8. The van der Waals surface area contributed by atoms with Crippen molar-refractivity contribution in [1.29, 1.82) is 0 Å². The van der Waals surface area contributed by atoms with Crippen LogP contribution in [0, 0.1) is 0 Å². The molecule has 33 heavy (non-hydrogen) atoms. The summed E-state index contributed by atoms with van der Waals surface area (Å²) in [4.78, 5) is 19.7. The van der Waals surface area contributed by atoms with E-state index in [9.17, 15) is 18.0 Å². The van der Waals surface area contributed by atoms with Gasteiger partial charge in [-0.3, -0.25) is 4.90 Å². The lowest BCUT2D eigenvalue weighted by molar-refractivity contribution is -0.137. The molecular formula is C25H34F3N3O2. The minimum absolute atomic E-state index is 0.179. The van der Waals surface area contributed by atoms with E-state index in [1.807, 2.05) is 20.8 Å². The highest BCUT2D eigenvalue weighted by atomic mass is 19.4. The Bertz CT molecular complexity index is 973. The molecule has 1 amide bonds. The lowest BCUT2D eigenvalue weighted by Gasteiger charge is -2.38. The summed E-state index contributed by atoms with van der Waals surface area (Å²) >= 11 is 0. The Morgan fingerprint density at radius 2 is 1.79 bits per heavy atom. The molecule has 0 spiro atoms. The van der Waals surface area contributed by atoms with Crippen LogP contribution >= 0.6 is 0 Å². The number of aryl methyl sites for hydroxylation is 2. The quantitative estimate of drug-likeness (QED) is 0.506. The van der Waals surface area contributed by atoms with Gasteiger partial charge in [-0.1, -0.05) is 32.9 Å². The van der Waals surface area contributed by atoms with Gasteiger partial charge in [-0.2, -0.15) is 13.2 Å². The number of hydrogen-bond donors (Lipinski definition) is 0. The summed E-state index contributed by atoms with van der Waals surface area (Å²) < 4.78 is 46.7. The van der Waals surface area contributed by atoms with E-state index >= 15 is 0 Å². The van der Waals surface area contributed by atoms with E-state index in [0.717, 1.165) is 41.3 Å². The fraction of sp³-hybridized carbons (Fsp3) is 0.600. The van der Waals surface area contributed by atoms with E-state index in [0.29, 0.717) is 25.9 Å². The van der Waals surface area contributed by atoms with E-state index in [-0.39, 0.29) is 18.1 Å². The first-order valence-electron chi connectivity index (χ1n) is 11.6. The molecule has 0 saturated carbocycles. The summed E-state index contributed by atoms with van der Waals surface area (Å²) in [6.45, 7) is 12.9. The van der Waals surface area contributed by atoms with Gasteiger partial charge in [-0.05, 0) is 57.2 Å². The molecule has 0 saturated heterocycles. The number of alkyl halides is 3. The van der Waals surface area contributed by atoms with Crippen molar-refractivity contribution in [2.45, 2.75) is 91.1 Å². The van der Waals surface area contributed by atoms with E-state index < -0.39 is 17.3 Å². The van der Waals surface area contributed by atoms with Crippen LogP contribution in [0.3, 0.4) is 0 Å². The smallest absolute Gasteiger partial charge is 0.416 e. The van der Waals surface area contributed by atoms with Crippen LogP contribution in [0.5, 0.6) is 0 Å². The number of benzene rings is 1. The summed E-state index contributed by atoms with van der Waals surface area (Å²) in [5.74, 6) is 1.18. The number of ether oxygens (including phenoxy) is 1. The van der Waals surface area contributed by atoms with Gasteiger partial charge in [0.1, 0.15) is 11.4 Å². The lowest BCUT2D eigenvalue weighted by Crippen LogP contribution is -2.45. The number of aromatic nitrogens is 2. The van der Waals surface area contributed by atoms with Gasteiger partial charge < -0.3 is 9.30 Å². The van der Waals surface area contributed by atoms with Gasteiger partial charge in [0.15, 0.2) is 0 Å². The predicted octanol–water partition coefficient (Wildman–Crippen LogP) is 6.51. The molecule has 5 nitrogen and oxygen atoms in total. The van der Waals surface area contributed by atoms with Gasteiger partial charge >= 0.3 is 12.3 Å². The number of amides is 1. The minimum Gasteiger partial charge on any atom is -0.444 e. The van der Waals surface area contributed by atoms with E-state index in [1.165, 1.54) is 12.1 Å². The molecule has 1 aliphatic heterocycles. The maximum atomic E-state index is 13.1. The third kappa shape index (κ3) is 5.71. The van der Waals surface area contributed by atoms with Crippen molar-refractivity contribution in [3.05, 3.63) is 52.6 Å². The first-order valence-corrected chi connectivity index (χ1v) is 11.6. The van der Waals surface area contributed by atoms with Crippen molar-refractivity contribution in [3.8, 4) is 0 Å². The van der Waals surface area contributed by atoms with E-state index in [2.05, 4.69) is 25.3 Å². The fourth-order valence-electron chi connectivity index (χ4n) is 4.34. The Balaban J connectivity index is 1.94. The Labute approximate surface area is 193 Å². The SMILES string of the molecule is CCc1nc(C(C)C)c2n1CCN(C(=O)OC(C)(C)C)C2CCc1ccc(C(F)(F)F)cc1. The Morgan fingerprint density at radius 1 is 1.15 bits per heavy atom. The average molecular weight is 466 g/mol. The summed E-state index contributed by atoms with van der Waals surface area (Å²) in [7, 11) is 0. The van der Waals surface area contributed by atoms with Crippen LogP contribution in [0.25, 0.3) is 0 Å². The molecule has 1 aromatic heterocycles. The molecule has 182 valence electrons. The highest BCUT2D eigenvalue weighted by Gasteiger charge is 2.37. The predicted molar refractivity (Wildman–Crippen MR) is 121 cm³/mol. The topological polar surface area (TPSA) is 47.4 Å². The van der Waals surface area contributed by atoms with Crippen molar-refractivity contribution < 1.29 is 22.7 Å². The zero-order chi connectivity index (χ0) is 24.6. The van der Waals surface area contributed by atoms with Gasteiger partial charge in [-0.25, -0.2) is 9.78 Å². The van der Waals surface area contributed by atoms with Crippen LogP contribution < -0.4 is 0 Å². The van der Waals surface area contributed by atoms with Gasteiger partial charge in [0.2, 0.25) is 0 Å². The molecular weight excluding hydrogens is 431 g/mol. The number of carbonyl (C=O) groups is 1. The second-order valence-electron chi connectivity index (χ2n) is 9.88. The molecule has 1 aromatic carbocycles. The molecule has 0 N–H and O–H groups in total. The zero-order valence-electron chi connectivity index (χ0n) is 20.3. The van der Waals surface area contributed by atoms with Crippen LogP contribution in [0.2, 0.25) is 0 Å². The molecule has 2 aromatic rings. The maximum absolute atomic E-state index is 13.1. The van der Waals surface area contributed by atoms with Crippen molar-refractivity contribution in [2.75, 3.05) is 6.54 Å². The third-order valence-electron chi connectivity index (χ3n) is 5.85. The molecule has 1 aliphatic rings. The summed E-state index contributed by atoms with van der Waals surface area (Å²) in [5, 5.41) is 0. The number of carbonyl (C=O) groups excluding carboxylic acids is 1. The van der Waals surface area contributed by atoms with Gasteiger partial charge in [0.25, 0.3) is 0 Å². The Hall–Kier alpha value is -2.51. The molecule has 0 fully saturated rings. The largest absolute Gasteiger partial charge is 0.444 e. The molecule has 0 bridgehead atoms. The summed E-state index contributed by atoms with van der Waals surface area (Å²) in [6.07, 6.45) is -2.84. The fourth-order valence-corrected chi connectivity index (χ4v) is 4.34. The highest BCUT2D eigenvalue weighted by molar-refractivity contribution is 5.69. The molecule has 0 radical (unpaired) electrons. The number of rotatable bonds is 5. The highest BCUT2D eigenvalue weighted by Crippen LogP contribution is 2.37. The molecule has 2 heterocycles. The average Bonchev–Trinajstić information content (AvgIpc) is 3.09. The van der Waals surface area contributed by atoms with E-state index in [4.69, 9.17) is 9.72 Å². The van der Waals surface area contributed by atoms with Crippen LogP contribution in [0.4, 0.5) is 18.0 Å². The second-order valence-corrected chi connectivity index (χ2v) is 9.88. The van der Waals surface area contributed by atoms with Crippen molar-refractivity contribution in [2.24, 2.45) is 0 Å². The Kier molecular flexibility index (Phi) is 7.15. The zero-order valence-corrected chi connectivity index (χ0v) is 20.3. The van der Waals surface area contributed by atoms with Crippen LogP contribution in [0.1, 0.15) is 88.3 Å². The lowest BCUT2D eigenvalue weighted by atomic mass is 9.95. The minimum atomic E-state index is -4.36. The number of imidazole rings is 1. The standard InChI is InChI=1S/C25H34F3N3O2/c1-7-20-29-21(16(2)3)22-19(13-10-17-8-11-18(12-9-17)25(26,27)28)30(14-15-31(20)22)23(32)33-24(4,5)6/h8-9,11-12,16,19H,7,10,13-15H2,1-6H3. The summed E-state index contributed by atoms with van der Waals surface area (Å²) in [5.41, 5.74) is 1.50. The van der Waals surface area contributed by atoms with Crippen LogP contribution in [0.15, 0.2) is 24.3 Å². The van der Waals surface area contributed by atoms with Crippen molar-refractivity contribution >= 4 is 6.09 Å². The van der Waals surface area contributed by atoms with Gasteiger partial charge in [-0.15, -0.1) is 0 Å². The number of halogens is 3. The monoisotopic (exact) mass is 465 g/mol. The van der Waals surface area contributed by atoms with Gasteiger partial charge in [0.05, 0.1) is 23.0 Å². The molecule has 1 unspecified atom stereocenters. The van der Waals surface area contributed by atoms with Crippen molar-refractivity contribution in [3.63, 3.8) is 0 Å². The van der Waals surface area contributed by atoms with Crippen LogP contribution in [-0.2, 0) is 30.3 Å². The molecule has 1 atom stereocenters. The first-order chi connectivity index (χ1) is 15.3. The van der Waals surface area contributed by atoms with Gasteiger partial charge in [0, 0.05) is 19.5 Å². The van der Waals surface area contributed by atoms with Crippen LogP contribution in [-0.4, -0.2) is 32.7 Å². The first kappa shape index (κ1) is 25.1.